The average Bonchev–Trinajstić information content (AvgIpc) is 3.35. The molecule has 234 valence electrons. The van der Waals surface area contributed by atoms with E-state index in [1.807, 2.05) is 6.07 Å². The first-order valence-corrected chi connectivity index (χ1v) is 14.4. The number of nitrogens with two attached hydrogens (primary N) is 2. The van der Waals surface area contributed by atoms with Crippen LogP contribution < -0.4 is 20.9 Å². The van der Waals surface area contributed by atoms with Gasteiger partial charge in [-0.3, -0.25) is 9.93 Å². The number of nitrogens with one attached hydrogen (secondary N) is 1. The SMILES string of the molecule is CC1CCCN(CCC(F)F)C1.COc1cc(SN)ccc1NCC#Cc1cc(C(N)=O)c2ncn(CC(F)(F)F)c2c1. The average molecular weight is 627 g/mol. The predicted octanol–water partition coefficient (Wildman–Crippen LogP) is 5.51. The molecule has 8 nitrogen and oxygen atoms in total. The molecule has 43 heavy (non-hydrogen) atoms. The molecule has 0 spiro atoms. The highest BCUT2D eigenvalue weighted by molar-refractivity contribution is 7.97. The smallest absolute Gasteiger partial charge is 0.406 e. The Morgan fingerprint density at radius 2 is 2.05 bits per heavy atom. The Balaban J connectivity index is 0.000000353. The van der Waals surface area contributed by atoms with Crippen molar-refractivity contribution in [1.29, 1.82) is 0 Å². The van der Waals surface area contributed by atoms with Gasteiger partial charge in [-0.25, -0.2) is 13.8 Å². The Kier molecular flexibility index (Phi) is 12.5. The van der Waals surface area contributed by atoms with Gasteiger partial charge < -0.3 is 25.3 Å². The van der Waals surface area contributed by atoms with Crippen molar-refractivity contribution in [2.45, 2.75) is 50.2 Å². The zero-order chi connectivity index (χ0) is 31.6. The molecule has 2 heterocycles. The molecule has 14 heteroatoms. The lowest BCUT2D eigenvalue weighted by Crippen LogP contribution is -2.35. The number of rotatable bonds is 9. The number of fused-ring (bicyclic) bond motifs is 1. The maximum Gasteiger partial charge on any atom is 0.406 e. The summed E-state index contributed by atoms with van der Waals surface area (Å²) < 4.78 is 68.4. The standard InChI is InChI=1S/C20H18F3N5O2S.C9H17F2N/c1-30-17-9-13(31-25)4-5-15(17)26-6-2-3-12-7-14(19(24)29)18-16(8-12)28(11-27-18)10-20(21,22)23;1-8-3-2-5-12(7-8)6-4-9(10)11/h4-5,7-9,11,26H,6,10,25H2,1H3,(H2,24,29);8-9H,2-7H2,1H3. The number of halogens is 5. The molecule has 4 rings (SSSR count). The van der Waals surface area contributed by atoms with Crippen molar-refractivity contribution >= 4 is 34.6 Å². The van der Waals surface area contributed by atoms with E-state index in [-0.39, 0.29) is 29.6 Å². The van der Waals surface area contributed by atoms with E-state index < -0.39 is 25.1 Å². The van der Waals surface area contributed by atoms with E-state index in [0.717, 1.165) is 40.8 Å². The number of piperidine rings is 1. The summed E-state index contributed by atoms with van der Waals surface area (Å²) in [6.45, 7) is 3.76. The Hall–Kier alpha value is -3.54. The Labute approximate surface area is 251 Å². The third-order valence-electron chi connectivity index (χ3n) is 6.65. The zero-order valence-electron chi connectivity index (χ0n) is 23.9. The fourth-order valence-electron chi connectivity index (χ4n) is 4.69. The summed E-state index contributed by atoms with van der Waals surface area (Å²) >= 11 is 1.09. The third-order valence-corrected chi connectivity index (χ3v) is 7.18. The highest BCUT2D eigenvalue weighted by Crippen LogP contribution is 2.28. The summed E-state index contributed by atoms with van der Waals surface area (Å²) in [6.07, 6.45) is -3.09. The van der Waals surface area contributed by atoms with E-state index in [0.29, 0.717) is 29.5 Å². The second-order valence-corrected chi connectivity index (χ2v) is 10.8. The van der Waals surface area contributed by atoms with Gasteiger partial charge in [0.15, 0.2) is 0 Å². The van der Waals surface area contributed by atoms with Crippen LogP contribution in [0.15, 0.2) is 41.6 Å². The quantitative estimate of drug-likeness (QED) is 0.163. The topological polar surface area (TPSA) is 111 Å². The van der Waals surface area contributed by atoms with Gasteiger partial charge >= 0.3 is 6.18 Å². The van der Waals surface area contributed by atoms with Gasteiger partial charge in [-0.2, -0.15) is 13.2 Å². The Bertz CT molecular complexity index is 1440. The minimum Gasteiger partial charge on any atom is -0.495 e. The van der Waals surface area contributed by atoms with Crippen LogP contribution in [0.5, 0.6) is 5.75 Å². The fraction of sp³-hybridized carbons (Fsp3) is 0.448. The van der Waals surface area contributed by atoms with Crippen molar-refractivity contribution in [1.82, 2.24) is 14.5 Å². The number of ether oxygens (including phenoxy) is 1. The number of carbonyl (C=O) groups is 1. The summed E-state index contributed by atoms with van der Waals surface area (Å²) in [5, 5.41) is 8.63. The number of amides is 1. The number of anilines is 1. The fourth-order valence-corrected chi connectivity index (χ4v) is 5.01. The van der Waals surface area contributed by atoms with E-state index in [2.05, 4.69) is 34.0 Å². The summed E-state index contributed by atoms with van der Waals surface area (Å²) in [6, 6.07) is 8.24. The number of likely N-dealkylation sites (tertiary alicyclic amines) is 1. The molecule has 1 atom stereocenters. The lowest BCUT2D eigenvalue weighted by atomic mass is 10.0. The lowest BCUT2D eigenvalue weighted by Gasteiger charge is -2.30. The van der Waals surface area contributed by atoms with Crippen LogP contribution in [0.25, 0.3) is 11.0 Å². The number of hydrogen-bond donors (Lipinski definition) is 3. The molecule has 0 saturated carbocycles. The first-order valence-electron chi connectivity index (χ1n) is 13.5. The molecule has 1 unspecified atom stereocenters. The molecule has 0 aliphatic carbocycles. The molecule has 0 radical (unpaired) electrons. The number of nitrogens with zero attached hydrogens (tertiary/aromatic N) is 3. The van der Waals surface area contributed by atoms with Crippen LogP contribution in [-0.2, 0) is 6.54 Å². The van der Waals surface area contributed by atoms with E-state index in [4.69, 9.17) is 15.6 Å². The summed E-state index contributed by atoms with van der Waals surface area (Å²) in [5.41, 5.74) is 6.65. The normalized spacial score (nSPS) is 15.4. The zero-order valence-corrected chi connectivity index (χ0v) is 24.7. The van der Waals surface area contributed by atoms with Gasteiger partial charge in [0.2, 0.25) is 6.43 Å². The molecular formula is C29H35F5N6O2S. The van der Waals surface area contributed by atoms with Crippen LogP contribution in [0.4, 0.5) is 27.6 Å². The van der Waals surface area contributed by atoms with E-state index >= 15 is 0 Å². The summed E-state index contributed by atoms with van der Waals surface area (Å²) in [5.74, 6) is 6.19. The van der Waals surface area contributed by atoms with Crippen LogP contribution in [0, 0.1) is 17.8 Å². The van der Waals surface area contributed by atoms with Crippen LogP contribution in [0.3, 0.4) is 0 Å². The van der Waals surface area contributed by atoms with Crippen LogP contribution in [0.2, 0.25) is 0 Å². The molecule has 3 aromatic rings. The van der Waals surface area contributed by atoms with Gasteiger partial charge in [0.1, 0.15) is 17.8 Å². The number of methoxy groups -OCH3 is 1. The molecule has 1 aliphatic rings. The van der Waals surface area contributed by atoms with Gasteiger partial charge in [0.05, 0.1) is 36.7 Å². The number of primary amides is 1. The summed E-state index contributed by atoms with van der Waals surface area (Å²) in [7, 11) is 1.53. The molecule has 1 saturated heterocycles. The van der Waals surface area contributed by atoms with E-state index in [9.17, 15) is 26.7 Å². The molecule has 1 aromatic heterocycles. The molecule has 1 fully saturated rings. The molecular weight excluding hydrogens is 591 g/mol. The second kappa shape index (κ2) is 15.8. The van der Waals surface area contributed by atoms with Crippen molar-refractivity contribution in [3.8, 4) is 17.6 Å². The van der Waals surface area contributed by atoms with E-state index in [1.54, 1.807) is 12.1 Å². The van der Waals surface area contributed by atoms with Gasteiger partial charge in [-0.15, -0.1) is 0 Å². The number of carbonyl (C=O) groups excluding carboxylic acids is 1. The van der Waals surface area contributed by atoms with Crippen LogP contribution in [-0.4, -0.2) is 66.2 Å². The number of imidazole rings is 1. The van der Waals surface area contributed by atoms with Crippen LogP contribution in [0.1, 0.15) is 42.1 Å². The molecule has 1 aliphatic heterocycles. The van der Waals surface area contributed by atoms with Gasteiger partial charge in [-0.05, 0) is 67.6 Å². The van der Waals surface area contributed by atoms with Crippen molar-refractivity contribution in [3.63, 3.8) is 0 Å². The highest BCUT2D eigenvalue weighted by atomic mass is 32.2. The molecule has 0 bridgehead atoms. The maximum absolute atomic E-state index is 12.8. The third kappa shape index (κ3) is 10.6. The van der Waals surface area contributed by atoms with Crippen molar-refractivity contribution in [2.75, 3.05) is 38.6 Å². The minimum absolute atomic E-state index is 0.00669. The van der Waals surface area contributed by atoms with Crippen molar-refractivity contribution in [3.05, 3.63) is 47.8 Å². The van der Waals surface area contributed by atoms with Gasteiger partial charge in [-0.1, -0.05) is 18.8 Å². The molecule has 1 amide bonds. The first-order chi connectivity index (χ1) is 20.4. The van der Waals surface area contributed by atoms with Crippen molar-refractivity contribution < 1.29 is 31.5 Å². The van der Waals surface area contributed by atoms with Gasteiger partial charge in [0, 0.05) is 30.0 Å². The van der Waals surface area contributed by atoms with Crippen LogP contribution >= 0.6 is 11.9 Å². The summed E-state index contributed by atoms with van der Waals surface area (Å²) in [4.78, 5) is 18.7. The predicted molar refractivity (Wildman–Crippen MR) is 158 cm³/mol. The largest absolute Gasteiger partial charge is 0.495 e. The van der Waals surface area contributed by atoms with E-state index in [1.165, 1.54) is 32.1 Å². The second-order valence-electron chi connectivity index (χ2n) is 10.1. The number of aromatic nitrogens is 2. The molecule has 5 N–H and O–H groups in total. The first kappa shape index (κ1) is 34.0. The number of hydrogen-bond acceptors (Lipinski definition) is 7. The molecule has 2 aromatic carbocycles. The minimum atomic E-state index is -4.44. The Morgan fingerprint density at radius 1 is 1.28 bits per heavy atom. The maximum atomic E-state index is 12.8. The van der Waals surface area contributed by atoms with Crippen molar-refractivity contribution in [2.24, 2.45) is 16.8 Å². The highest BCUT2D eigenvalue weighted by Gasteiger charge is 2.29. The van der Waals surface area contributed by atoms with Gasteiger partial charge in [0.25, 0.3) is 5.91 Å². The monoisotopic (exact) mass is 626 g/mol. The number of benzene rings is 2. The number of alkyl halides is 5. The lowest BCUT2D eigenvalue weighted by molar-refractivity contribution is -0.139. The Morgan fingerprint density at radius 3 is 2.67 bits per heavy atom.